The Bertz CT molecular complexity index is 856. The quantitative estimate of drug-likeness (QED) is 0.829. The highest BCUT2D eigenvalue weighted by atomic mass is 35.5. The first-order valence-electron chi connectivity index (χ1n) is 10.8. The number of benzene rings is 1. The minimum Gasteiger partial charge on any atom is -0.375 e. The highest BCUT2D eigenvalue weighted by Gasteiger charge is 2.33. The molecule has 2 saturated carbocycles. The molecule has 0 amide bonds. The van der Waals surface area contributed by atoms with Crippen molar-refractivity contribution >= 4 is 23.4 Å². The summed E-state index contributed by atoms with van der Waals surface area (Å²) in [5, 5.41) is 0. The molecule has 3 fully saturated rings. The molecule has 2 heterocycles. The Morgan fingerprint density at radius 2 is 1.57 bits per heavy atom. The monoisotopic (exact) mass is 405 g/mol. The van der Waals surface area contributed by atoms with Gasteiger partial charge in [-0.15, -0.1) is 12.4 Å². The van der Waals surface area contributed by atoms with Gasteiger partial charge in [0.05, 0.1) is 23.2 Å². The Morgan fingerprint density at radius 1 is 0.929 bits per heavy atom. The van der Waals surface area contributed by atoms with Crippen LogP contribution in [0, 0.1) is 6.92 Å². The summed E-state index contributed by atoms with van der Waals surface area (Å²) in [4.78, 5) is 18.2. The van der Waals surface area contributed by atoms with Crippen molar-refractivity contribution in [3.8, 4) is 0 Å². The Morgan fingerprint density at radius 3 is 2.21 bits per heavy atom. The van der Waals surface area contributed by atoms with Crippen molar-refractivity contribution in [2.75, 3.05) is 13.1 Å². The third-order valence-corrected chi connectivity index (χ3v) is 6.81. The fourth-order valence-corrected chi connectivity index (χ4v) is 5.13. The lowest BCUT2D eigenvalue weighted by atomic mass is 9.90. The standard InChI is InChI=1S/C22H31N3O2.ClH/c1-15-2-9-20-21(14-15)25(22(26)23-20)17-10-12-24(13-11-17)16-3-5-18(6-4-16)27-19-7-8-19;/h2,9,14,16-19H,3-8,10-13H2,1H3,(H,23,26);1H/t16-,18-;. The number of imidazole rings is 1. The highest BCUT2D eigenvalue weighted by Crippen LogP contribution is 2.34. The Balaban J connectivity index is 0.00000192. The number of nitrogens with one attached hydrogen (secondary N) is 1. The highest BCUT2D eigenvalue weighted by molar-refractivity contribution is 5.85. The molecule has 1 saturated heterocycles. The zero-order valence-corrected chi connectivity index (χ0v) is 17.5. The van der Waals surface area contributed by atoms with Crippen LogP contribution in [0.25, 0.3) is 11.0 Å². The third kappa shape index (κ3) is 4.03. The van der Waals surface area contributed by atoms with Gasteiger partial charge in [-0.3, -0.25) is 4.57 Å². The molecule has 2 aliphatic carbocycles. The molecule has 28 heavy (non-hydrogen) atoms. The lowest BCUT2D eigenvalue weighted by molar-refractivity contribution is -0.00683. The number of aromatic amines is 1. The van der Waals surface area contributed by atoms with Crippen LogP contribution in [0.15, 0.2) is 23.0 Å². The van der Waals surface area contributed by atoms with Crippen LogP contribution in [0.5, 0.6) is 0 Å². The van der Waals surface area contributed by atoms with Crippen molar-refractivity contribution in [3.05, 3.63) is 34.2 Å². The van der Waals surface area contributed by atoms with E-state index in [1.54, 1.807) is 0 Å². The van der Waals surface area contributed by atoms with Crippen LogP contribution in [-0.4, -0.2) is 45.8 Å². The average Bonchev–Trinajstić information content (AvgIpc) is 3.43. The first-order chi connectivity index (χ1) is 13.2. The van der Waals surface area contributed by atoms with Crippen LogP contribution in [0.3, 0.4) is 0 Å². The fourth-order valence-electron chi connectivity index (χ4n) is 5.13. The second kappa shape index (κ2) is 8.21. The number of likely N-dealkylation sites (tertiary alicyclic amines) is 1. The summed E-state index contributed by atoms with van der Waals surface area (Å²) in [6.45, 7) is 4.30. The zero-order chi connectivity index (χ0) is 18.4. The summed E-state index contributed by atoms with van der Waals surface area (Å²) in [6.07, 6.45) is 10.8. The molecule has 2 aromatic rings. The number of piperidine rings is 1. The predicted molar refractivity (Wildman–Crippen MR) is 115 cm³/mol. The summed E-state index contributed by atoms with van der Waals surface area (Å²) in [7, 11) is 0. The lowest BCUT2D eigenvalue weighted by Gasteiger charge is -2.41. The molecule has 1 aromatic carbocycles. The van der Waals surface area contributed by atoms with E-state index in [1.165, 1.54) is 44.1 Å². The fraction of sp³-hybridized carbons (Fsp3) is 0.682. The van der Waals surface area contributed by atoms with Crippen molar-refractivity contribution < 1.29 is 4.74 Å². The molecular weight excluding hydrogens is 374 g/mol. The first-order valence-corrected chi connectivity index (χ1v) is 10.8. The van der Waals surface area contributed by atoms with Gasteiger partial charge in [0.15, 0.2) is 0 Å². The number of fused-ring (bicyclic) bond motifs is 1. The Hall–Kier alpha value is -1.30. The van der Waals surface area contributed by atoms with E-state index in [0.29, 0.717) is 24.3 Å². The van der Waals surface area contributed by atoms with Gasteiger partial charge in [-0.1, -0.05) is 6.07 Å². The number of halogens is 1. The summed E-state index contributed by atoms with van der Waals surface area (Å²) in [6, 6.07) is 7.26. The van der Waals surface area contributed by atoms with Gasteiger partial charge in [0.2, 0.25) is 0 Å². The van der Waals surface area contributed by atoms with Gasteiger partial charge in [-0.2, -0.15) is 0 Å². The number of nitrogens with zero attached hydrogens (tertiary/aromatic N) is 2. The molecule has 6 heteroatoms. The van der Waals surface area contributed by atoms with Gasteiger partial charge in [0.1, 0.15) is 0 Å². The van der Waals surface area contributed by atoms with E-state index in [4.69, 9.17) is 4.74 Å². The predicted octanol–water partition coefficient (Wildman–Crippen LogP) is 4.19. The second-order valence-electron chi connectivity index (χ2n) is 8.85. The topological polar surface area (TPSA) is 50.3 Å². The number of aromatic nitrogens is 2. The average molecular weight is 406 g/mol. The number of hydrogen-bond acceptors (Lipinski definition) is 3. The van der Waals surface area contributed by atoms with Crippen molar-refractivity contribution in [1.29, 1.82) is 0 Å². The molecule has 0 bridgehead atoms. The first kappa shape index (κ1) is 20.0. The normalized spacial score (nSPS) is 27.0. The van der Waals surface area contributed by atoms with Gasteiger partial charge in [-0.05, 0) is 76.0 Å². The maximum atomic E-state index is 12.5. The number of H-pyrrole nitrogens is 1. The smallest absolute Gasteiger partial charge is 0.326 e. The number of ether oxygens (including phenoxy) is 1. The zero-order valence-electron chi connectivity index (χ0n) is 16.7. The van der Waals surface area contributed by atoms with Crippen LogP contribution in [0.4, 0.5) is 0 Å². The maximum absolute atomic E-state index is 12.5. The summed E-state index contributed by atoms with van der Waals surface area (Å²) in [5.74, 6) is 0. The molecule has 0 unspecified atom stereocenters. The Labute approximate surface area is 172 Å². The van der Waals surface area contributed by atoms with E-state index in [9.17, 15) is 4.79 Å². The lowest BCUT2D eigenvalue weighted by Crippen LogP contribution is -2.45. The largest absolute Gasteiger partial charge is 0.375 e. The summed E-state index contributed by atoms with van der Waals surface area (Å²) >= 11 is 0. The minimum absolute atomic E-state index is 0. The van der Waals surface area contributed by atoms with E-state index < -0.39 is 0 Å². The van der Waals surface area contributed by atoms with Gasteiger partial charge in [0.25, 0.3) is 0 Å². The van der Waals surface area contributed by atoms with Gasteiger partial charge in [-0.25, -0.2) is 4.79 Å². The molecule has 3 aliphatic rings. The Kier molecular flexibility index (Phi) is 5.86. The van der Waals surface area contributed by atoms with E-state index in [0.717, 1.165) is 37.0 Å². The van der Waals surface area contributed by atoms with Crippen molar-refractivity contribution in [3.63, 3.8) is 0 Å². The van der Waals surface area contributed by atoms with Gasteiger partial charge >= 0.3 is 5.69 Å². The summed E-state index contributed by atoms with van der Waals surface area (Å²) in [5.41, 5.74) is 3.28. The molecule has 0 spiro atoms. The molecule has 1 aromatic heterocycles. The van der Waals surface area contributed by atoms with Gasteiger partial charge < -0.3 is 14.6 Å². The summed E-state index contributed by atoms with van der Waals surface area (Å²) < 4.78 is 8.12. The number of hydrogen-bond donors (Lipinski definition) is 1. The van der Waals surface area contributed by atoms with E-state index in [-0.39, 0.29) is 18.1 Å². The van der Waals surface area contributed by atoms with Crippen LogP contribution < -0.4 is 5.69 Å². The van der Waals surface area contributed by atoms with Crippen LogP contribution in [0.1, 0.15) is 63.0 Å². The second-order valence-corrected chi connectivity index (χ2v) is 8.85. The molecular formula is C22H32ClN3O2. The third-order valence-electron chi connectivity index (χ3n) is 6.81. The molecule has 5 rings (SSSR count). The molecule has 5 nitrogen and oxygen atoms in total. The van der Waals surface area contributed by atoms with Crippen LogP contribution in [-0.2, 0) is 4.74 Å². The minimum atomic E-state index is 0. The van der Waals surface area contributed by atoms with Gasteiger partial charge in [0, 0.05) is 25.2 Å². The molecule has 1 aliphatic heterocycles. The van der Waals surface area contributed by atoms with E-state index in [2.05, 4.69) is 28.9 Å². The molecule has 1 N–H and O–H groups in total. The number of rotatable bonds is 4. The van der Waals surface area contributed by atoms with E-state index >= 15 is 0 Å². The van der Waals surface area contributed by atoms with Crippen LogP contribution in [0.2, 0.25) is 0 Å². The van der Waals surface area contributed by atoms with Crippen molar-refractivity contribution in [1.82, 2.24) is 14.5 Å². The van der Waals surface area contributed by atoms with Crippen molar-refractivity contribution in [2.24, 2.45) is 0 Å². The van der Waals surface area contributed by atoms with Crippen LogP contribution >= 0.6 is 12.4 Å². The molecule has 0 radical (unpaired) electrons. The molecule has 0 atom stereocenters. The number of aryl methyl sites for hydroxylation is 1. The van der Waals surface area contributed by atoms with Crippen molar-refractivity contribution in [2.45, 2.75) is 82.6 Å². The SMILES string of the molecule is Cc1ccc2[nH]c(=O)n(C3CCN([C@H]4CC[C@H](OC5CC5)CC4)CC3)c2c1.Cl. The maximum Gasteiger partial charge on any atom is 0.326 e. The molecule has 154 valence electrons. The van der Waals surface area contributed by atoms with E-state index in [1.807, 2.05) is 10.6 Å².